The van der Waals surface area contributed by atoms with Gasteiger partial charge in [-0.1, -0.05) is 0 Å². The number of ether oxygens (including phenoxy) is 1. The number of aromatic nitrogens is 1. The molecule has 0 radical (unpaired) electrons. The Hall–Kier alpha value is -0.260. The van der Waals surface area contributed by atoms with Crippen molar-refractivity contribution in [1.82, 2.24) is 4.98 Å². The van der Waals surface area contributed by atoms with E-state index in [2.05, 4.69) is 4.98 Å². The molecule has 1 aromatic heterocycles. The second kappa shape index (κ2) is 3.64. The van der Waals surface area contributed by atoms with E-state index in [4.69, 9.17) is 10.5 Å². The molecule has 0 aliphatic carbocycles. The normalized spacial score (nSPS) is 17.7. The summed E-state index contributed by atoms with van der Waals surface area (Å²) in [6.07, 6.45) is 0. The second-order valence-corrected chi connectivity index (χ2v) is 4.83. The Labute approximate surface area is 79.3 Å². The first-order chi connectivity index (χ1) is 5.84. The molecule has 0 bridgehead atoms. The summed E-state index contributed by atoms with van der Waals surface area (Å²) < 4.78 is 5.07. The quantitative estimate of drug-likeness (QED) is 0.804. The summed E-state index contributed by atoms with van der Waals surface area (Å²) in [4.78, 5) is 4.18. The minimum Gasteiger partial charge on any atom is -0.379 e. The molecule has 1 aliphatic heterocycles. The number of nitrogen functional groups attached to an aromatic ring is 1. The standard InChI is InChI=1S/C7H10N2OS2/c8-7-9-5(4-12-7)3-11-6-1-10-2-6/h4,6H,1-3H2,(H2,8,9). The zero-order valence-corrected chi connectivity index (χ0v) is 8.16. The predicted molar refractivity (Wildman–Crippen MR) is 52.4 cm³/mol. The minimum absolute atomic E-state index is 0.662. The van der Waals surface area contributed by atoms with E-state index in [0.29, 0.717) is 10.4 Å². The van der Waals surface area contributed by atoms with Gasteiger partial charge in [0.2, 0.25) is 0 Å². The van der Waals surface area contributed by atoms with Gasteiger partial charge in [0, 0.05) is 11.1 Å². The van der Waals surface area contributed by atoms with E-state index in [1.165, 1.54) is 11.3 Å². The van der Waals surface area contributed by atoms with Gasteiger partial charge < -0.3 is 10.5 Å². The molecule has 2 N–H and O–H groups in total. The topological polar surface area (TPSA) is 48.1 Å². The Morgan fingerprint density at radius 2 is 2.58 bits per heavy atom. The van der Waals surface area contributed by atoms with Crippen molar-refractivity contribution >= 4 is 28.2 Å². The highest BCUT2D eigenvalue weighted by Crippen LogP contribution is 2.24. The van der Waals surface area contributed by atoms with Crippen molar-refractivity contribution < 1.29 is 4.74 Å². The second-order valence-electron chi connectivity index (χ2n) is 2.65. The Kier molecular flexibility index (Phi) is 2.53. The molecule has 1 fully saturated rings. The van der Waals surface area contributed by atoms with Gasteiger partial charge in [-0.25, -0.2) is 4.98 Å². The van der Waals surface area contributed by atoms with Gasteiger partial charge in [-0.3, -0.25) is 0 Å². The number of thiazole rings is 1. The van der Waals surface area contributed by atoms with Gasteiger partial charge in [-0.2, -0.15) is 0 Å². The average molecular weight is 202 g/mol. The summed E-state index contributed by atoms with van der Waals surface area (Å²) in [5, 5.41) is 3.35. The highest BCUT2D eigenvalue weighted by atomic mass is 32.2. The monoisotopic (exact) mass is 202 g/mol. The van der Waals surface area contributed by atoms with Gasteiger partial charge >= 0.3 is 0 Å². The Morgan fingerprint density at radius 3 is 3.08 bits per heavy atom. The predicted octanol–water partition coefficient (Wildman–Crippen LogP) is 1.36. The van der Waals surface area contributed by atoms with Crippen molar-refractivity contribution in [1.29, 1.82) is 0 Å². The van der Waals surface area contributed by atoms with Gasteiger partial charge in [-0.15, -0.1) is 23.1 Å². The molecular weight excluding hydrogens is 192 g/mol. The van der Waals surface area contributed by atoms with Gasteiger partial charge in [0.05, 0.1) is 24.2 Å². The number of nitrogens with zero attached hydrogens (tertiary/aromatic N) is 1. The van der Waals surface area contributed by atoms with Crippen LogP contribution in [0.25, 0.3) is 0 Å². The van der Waals surface area contributed by atoms with Crippen LogP contribution in [-0.4, -0.2) is 23.4 Å². The number of hydrogen-bond donors (Lipinski definition) is 1. The average Bonchev–Trinajstić information content (AvgIpc) is 2.32. The number of thioether (sulfide) groups is 1. The largest absolute Gasteiger partial charge is 0.379 e. The maximum Gasteiger partial charge on any atom is 0.180 e. The van der Waals surface area contributed by atoms with E-state index < -0.39 is 0 Å². The molecule has 0 aromatic carbocycles. The third kappa shape index (κ3) is 1.91. The van der Waals surface area contributed by atoms with Crippen LogP contribution >= 0.6 is 23.1 Å². The van der Waals surface area contributed by atoms with Gasteiger partial charge in [0.25, 0.3) is 0 Å². The van der Waals surface area contributed by atoms with Crippen LogP contribution < -0.4 is 5.73 Å². The van der Waals surface area contributed by atoms with Crippen LogP contribution in [0.15, 0.2) is 5.38 Å². The van der Waals surface area contributed by atoms with Crippen molar-refractivity contribution in [3.8, 4) is 0 Å². The molecule has 3 nitrogen and oxygen atoms in total. The maximum absolute atomic E-state index is 5.50. The van der Waals surface area contributed by atoms with E-state index in [1.54, 1.807) is 0 Å². The summed E-state index contributed by atoms with van der Waals surface area (Å²) in [5.74, 6) is 0.960. The molecule has 1 aromatic rings. The molecule has 5 heteroatoms. The molecule has 2 heterocycles. The molecule has 1 aliphatic rings. The van der Waals surface area contributed by atoms with E-state index in [0.717, 1.165) is 24.7 Å². The van der Waals surface area contributed by atoms with Crippen molar-refractivity contribution in [3.05, 3.63) is 11.1 Å². The molecule has 0 unspecified atom stereocenters. The van der Waals surface area contributed by atoms with E-state index in [9.17, 15) is 0 Å². The fraction of sp³-hybridized carbons (Fsp3) is 0.571. The fourth-order valence-corrected chi connectivity index (χ4v) is 2.51. The number of rotatable bonds is 3. The molecule has 0 atom stereocenters. The van der Waals surface area contributed by atoms with Crippen LogP contribution in [0.3, 0.4) is 0 Å². The lowest BCUT2D eigenvalue weighted by atomic mass is 10.4. The first-order valence-electron chi connectivity index (χ1n) is 3.74. The Balaban J connectivity index is 1.79. The molecule has 66 valence electrons. The van der Waals surface area contributed by atoms with Gasteiger partial charge in [0.1, 0.15) is 0 Å². The first-order valence-corrected chi connectivity index (χ1v) is 5.66. The van der Waals surface area contributed by atoms with Crippen LogP contribution in [0, 0.1) is 0 Å². The number of hydrogen-bond acceptors (Lipinski definition) is 5. The Morgan fingerprint density at radius 1 is 1.75 bits per heavy atom. The molecule has 2 rings (SSSR count). The summed E-state index contributed by atoms with van der Waals surface area (Å²) in [7, 11) is 0. The molecule has 0 spiro atoms. The summed E-state index contributed by atoms with van der Waals surface area (Å²) >= 11 is 3.40. The van der Waals surface area contributed by atoms with Crippen LogP contribution in [0.2, 0.25) is 0 Å². The summed E-state index contributed by atoms with van der Waals surface area (Å²) in [6, 6.07) is 0. The highest BCUT2D eigenvalue weighted by Gasteiger charge is 2.18. The minimum atomic E-state index is 0.662. The van der Waals surface area contributed by atoms with Crippen LogP contribution in [0.4, 0.5) is 5.13 Å². The summed E-state index contributed by atoms with van der Waals surface area (Å²) in [5.41, 5.74) is 6.60. The highest BCUT2D eigenvalue weighted by molar-refractivity contribution is 7.99. The lowest BCUT2D eigenvalue weighted by molar-refractivity contribution is 0.0455. The van der Waals surface area contributed by atoms with E-state index >= 15 is 0 Å². The van der Waals surface area contributed by atoms with Gasteiger partial charge in [0.15, 0.2) is 5.13 Å². The fourth-order valence-electron chi connectivity index (χ4n) is 0.902. The molecular formula is C7H10N2OS2. The molecule has 12 heavy (non-hydrogen) atoms. The maximum atomic E-state index is 5.50. The van der Waals surface area contributed by atoms with Crippen molar-refractivity contribution in [2.75, 3.05) is 18.9 Å². The number of anilines is 1. The summed E-state index contributed by atoms with van der Waals surface area (Å²) in [6.45, 7) is 1.79. The first kappa shape index (κ1) is 8.34. The lowest BCUT2D eigenvalue weighted by Crippen LogP contribution is -2.30. The zero-order valence-electron chi connectivity index (χ0n) is 6.53. The molecule has 0 amide bonds. The van der Waals surface area contributed by atoms with E-state index in [-0.39, 0.29) is 0 Å². The van der Waals surface area contributed by atoms with Crippen LogP contribution in [0.5, 0.6) is 0 Å². The molecule has 0 saturated carbocycles. The van der Waals surface area contributed by atoms with Gasteiger partial charge in [-0.05, 0) is 0 Å². The zero-order chi connectivity index (χ0) is 8.39. The van der Waals surface area contributed by atoms with E-state index in [1.807, 2.05) is 17.1 Å². The van der Waals surface area contributed by atoms with Crippen molar-refractivity contribution in [2.24, 2.45) is 0 Å². The molecule has 1 saturated heterocycles. The van der Waals surface area contributed by atoms with Crippen molar-refractivity contribution in [2.45, 2.75) is 11.0 Å². The number of nitrogens with two attached hydrogens (primary N) is 1. The van der Waals surface area contributed by atoms with Crippen LogP contribution in [-0.2, 0) is 10.5 Å². The SMILES string of the molecule is Nc1nc(CSC2COC2)cs1. The third-order valence-electron chi connectivity index (χ3n) is 1.64. The Bertz CT molecular complexity index is 260. The smallest absolute Gasteiger partial charge is 0.180 e. The lowest BCUT2D eigenvalue weighted by Gasteiger charge is -2.24. The van der Waals surface area contributed by atoms with Crippen molar-refractivity contribution in [3.63, 3.8) is 0 Å². The van der Waals surface area contributed by atoms with Crippen LogP contribution in [0.1, 0.15) is 5.69 Å². The third-order valence-corrected chi connectivity index (χ3v) is 3.57.